The summed E-state index contributed by atoms with van der Waals surface area (Å²) in [6.07, 6.45) is 7.20. The van der Waals surface area contributed by atoms with Crippen LogP contribution in [0.1, 0.15) is 73.5 Å². The molecule has 3 atom stereocenters. The Kier molecular flexibility index (Phi) is 5.16. The molecule has 4 aliphatic rings. The van der Waals surface area contributed by atoms with Crippen molar-refractivity contribution in [2.24, 2.45) is 5.92 Å². The molecule has 1 amide bonds. The quantitative estimate of drug-likeness (QED) is 0.722. The predicted octanol–water partition coefficient (Wildman–Crippen LogP) is 1.61. The fraction of sp³-hybridized carbons (Fsp3) is 0.800. The zero-order chi connectivity index (χ0) is 20.0. The Bertz CT molecular complexity index is 846. The van der Waals surface area contributed by atoms with Crippen molar-refractivity contribution in [3.8, 4) is 0 Å². The van der Waals surface area contributed by atoms with Crippen molar-refractivity contribution in [2.75, 3.05) is 18.8 Å². The lowest BCUT2D eigenvalue weighted by atomic mass is 9.99. The van der Waals surface area contributed by atoms with Gasteiger partial charge in [-0.3, -0.25) is 4.79 Å². The van der Waals surface area contributed by atoms with Crippen LogP contribution in [0.15, 0.2) is 10.6 Å². The van der Waals surface area contributed by atoms with Gasteiger partial charge in [-0.25, -0.2) is 8.42 Å². The fourth-order valence-corrected chi connectivity index (χ4v) is 7.75. The number of amides is 1. The van der Waals surface area contributed by atoms with Gasteiger partial charge in [-0.05, 0) is 70.4 Å². The van der Waals surface area contributed by atoms with Crippen molar-refractivity contribution < 1.29 is 17.7 Å². The van der Waals surface area contributed by atoms with E-state index < -0.39 is 10.0 Å². The zero-order valence-electron chi connectivity index (χ0n) is 16.7. The van der Waals surface area contributed by atoms with Gasteiger partial charge in [0, 0.05) is 30.1 Å². The van der Waals surface area contributed by atoms with Crippen LogP contribution >= 0.6 is 0 Å². The fourth-order valence-electron chi connectivity index (χ4n) is 5.35. The highest BCUT2D eigenvalue weighted by atomic mass is 32.2. The largest absolute Gasteiger partial charge is 0.360 e. The van der Waals surface area contributed by atoms with Crippen molar-refractivity contribution >= 4 is 15.9 Å². The normalized spacial score (nSPS) is 31.1. The lowest BCUT2D eigenvalue weighted by Gasteiger charge is -2.39. The van der Waals surface area contributed by atoms with Crippen molar-refractivity contribution in [1.29, 1.82) is 0 Å². The average molecular weight is 423 g/mol. The number of carbonyl (C=O) groups is 1. The van der Waals surface area contributed by atoms with Crippen molar-refractivity contribution in [1.82, 2.24) is 20.1 Å². The molecule has 1 aromatic heterocycles. The van der Waals surface area contributed by atoms with E-state index in [0.717, 1.165) is 57.4 Å². The molecule has 160 valence electrons. The molecule has 0 radical (unpaired) electrons. The maximum absolute atomic E-state index is 13.1. The van der Waals surface area contributed by atoms with E-state index in [2.05, 4.69) is 15.8 Å². The van der Waals surface area contributed by atoms with Gasteiger partial charge < -0.3 is 15.2 Å². The first-order chi connectivity index (χ1) is 14.0. The van der Waals surface area contributed by atoms with Crippen LogP contribution < -0.4 is 10.6 Å². The van der Waals surface area contributed by atoms with Crippen LogP contribution in [0.2, 0.25) is 0 Å². The van der Waals surface area contributed by atoms with Crippen molar-refractivity contribution in [3.05, 3.63) is 17.5 Å². The maximum atomic E-state index is 13.1. The van der Waals surface area contributed by atoms with E-state index in [1.165, 1.54) is 0 Å². The maximum Gasteiger partial charge on any atom is 0.273 e. The van der Waals surface area contributed by atoms with Gasteiger partial charge in [0.15, 0.2) is 5.69 Å². The summed E-state index contributed by atoms with van der Waals surface area (Å²) in [6.45, 7) is 1.82. The third-order valence-electron chi connectivity index (χ3n) is 6.97. The highest BCUT2D eigenvalue weighted by molar-refractivity contribution is 7.89. The van der Waals surface area contributed by atoms with Gasteiger partial charge in [0.1, 0.15) is 5.76 Å². The van der Waals surface area contributed by atoms with Gasteiger partial charge in [0.25, 0.3) is 5.91 Å². The molecule has 5 rings (SSSR count). The summed E-state index contributed by atoms with van der Waals surface area (Å²) < 4.78 is 33.3. The van der Waals surface area contributed by atoms with E-state index in [0.29, 0.717) is 24.5 Å². The Morgan fingerprint density at radius 2 is 1.83 bits per heavy atom. The van der Waals surface area contributed by atoms with Crippen LogP contribution in [0.5, 0.6) is 0 Å². The van der Waals surface area contributed by atoms with Crippen LogP contribution in [0.4, 0.5) is 0 Å². The van der Waals surface area contributed by atoms with Crippen LogP contribution in [-0.4, -0.2) is 60.8 Å². The molecule has 0 spiro atoms. The summed E-state index contributed by atoms with van der Waals surface area (Å²) in [4.78, 5) is 12.6. The molecular formula is C20H30N4O4S. The molecule has 29 heavy (non-hydrogen) atoms. The standard InChI is InChI=1S/C20H30N4O4S/c25-20(18-11-19(28-23-18)14-1-2-14)22-15-9-16-3-4-17(10-15)24(16)29(26,27)12-13-5-7-21-8-6-13/h11,13-17,21H,1-10,12H2,(H,22,25)/t15-,16-,17+. The molecule has 0 unspecified atom stereocenters. The number of aromatic nitrogens is 1. The molecule has 2 N–H and O–H groups in total. The van der Waals surface area contributed by atoms with E-state index in [-0.39, 0.29) is 35.7 Å². The van der Waals surface area contributed by atoms with Crippen LogP contribution in [0, 0.1) is 5.92 Å². The van der Waals surface area contributed by atoms with Gasteiger partial charge in [-0.15, -0.1) is 0 Å². The first-order valence-corrected chi connectivity index (χ1v) is 12.6. The number of carbonyl (C=O) groups excluding carboxylic acids is 1. The lowest BCUT2D eigenvalue weighted by molar-refractivity contribution is 0.0900. The number of hydrogen-bond acceptors (Lipinski definition) is 6. The summed E-state index contributed by atoms with van der Waals surface area (Å²) >= 11 is 0. The van der Waals surface area contributed by atoms with E-state index in [4.69, 9.17) is 4.52 Å². The Hall–Kier alpha value is -1.45. The number of hydrogen-bond donors (Lipinski definition) is 2. The van der Waals surface area contributed by atoms with Gasteiger partial charge >= 0.3 is 0 Å². The third-order valence-corrected chi connectivity index (χ3v) is 9.10. The highest BCUT2D eigenvalue weighted by Gasteiger charge is 2.47. The molecule has 1 aliphatic carbocycles. The Morgan fingerprint density at radius 3 is 2.48 bits per heavy atom. The first kappa shape index (κ1) is 19.5. The summed E-state index contributed by atoms with van der Waals surface area (Å²) in [6, 6.07) is 1.75. The minimum Gasteiger partial charge on any atom is -0.360 e. The predicted molar refractivity (Wildman–Crippen MR) is 107 cm³/mol. The molecule has 4 fully saturated rings. The monoisotopic (exact) mass is 422 g/mol. The SMILES string of the molecule is O=C(N[C@@H]1C[C@H]2CC[C@@H](C1)N2S(=O)(=O)CC1CCNCC1)c1cc(C2CC2)on1. The molecule has 1 aromatic rings. The topological polar surface area (TPSA) is 105 Å². The number of nitrogens with one attached hydrogen (secondary N) is 2. The molecule has 1 saturated carbocycles. The minimum absolute atomic E-state index is 0.00472. The van der Waals surface area contributed by atoms with E-state index in [9.17, 15) is 13.2 Å². The summed E-state index contributed by atoms with van der Waals surface area (Å²) in [5, 5.41) is 10.3. The summed E-state index contributed by atoms with van der Waals surface area (Å²) in [7, 11) is -3.26. The molecule has 2 bridgehead atoms. The van der Waals surface area contributed by atoms with Crippen molar-refractivity contribution in [3.63, 3.8) is 0 Å². The smallest absolute Gasteiger partial charge is 0.273 e. The molecule has 0 aromatic carbocycles. The average Bonchev–Trinajstić information content (AvgIpc) is 3.34. The Balaban J connectivity index is 1.20. The molecular weight excluding hydrogens is 392 g/mol. The van der Waals surface area contributed by atoms with Crippen LogP contribution in [0.25, 0.3) is 0 Å². The first-order valence-electron chi connectivity index (χ1n) is 11.0. The van der Waals surface area contributed by atoms with Gasteiger partial charge in [0.2, 0.25) is 10.0 Å². The minimum atomic E-state index is -3.26. The number of nitrogens with zero attached hydrogens (tertiary/aromatic N) is 2. The third kappa shape index (κ3) is 4.09. The van der Waals surface area contributed by atoms with E-state index in [1.807, 2.05) is 0 Å². The highest BCUT2D eigenvalue weighted by Crippen LogP contribution is 2.41. The van der Waals surface area contributed by atoms with Gasteiger partial charge in [-0.2, -0.15) is 4.31 Å². The zero-order valence-corrected chi connectivity index (χ0v) is 17.5. The van der Waals surface area contributed by atoms with Crippen LogP contribution in [0.3, 0.4) is 0 Å². The lowest BCUT2D eigenvalue weighted by Crippen LogP contribution is -2.53. The number of sulfonamides is 1. The number of piperidine rings is 2. The molecule has 3 saturated heterocycles. The number of fused-ring (bicyclic) bond motifs is 2. The molecule has 9 heteroatoms. The number of rotatable bonds is 6. The van der Waals surface area contributed by atoms with Crippen molar-refractivity contribution in [2.45, 2.75) is 75.4 Å². The second kappa shape index (κ2) is 7.67. The molecule has 8 nitrogen and oxygen atoms in total. The van der Waals surface area contributed by atoms with Crippen LogP contribution in [-0.2, 0) is 10.0 Å². The van der Waals surface area contributed by atoms with Gasteiger partial charge in [-0.1, -0.05) is 5.16 Å². The Morgan fingerprint density at radius 1 is 1.14 bits per heavy atom. The van der Waals surface area contributed by atoms with Gasteiger partial charge in [0.05, 0.1) is 5.75 Å². The molecule has 3 aliphatic heterocycles. The Labute approximate surface area is 171 Å². The second-order valence-electron chi connectivity index (χ2n) is 9.22. The summed E-state index contributed by atoms with van der Waals surface area (Å²) in [5.41, 5.74) is 0.334. The molecule has 4 heterocycles. The van der Waals surface area contributed by atoms with E-state index in [1.54, 1.807) is 10.4 Å². The summed E-state index contributed by atoms with van der Waals surface area (Å²) in [5.74, 6) is 1.53. The second-order valence-corrected chi connectivity index (χ2v) is 11.1. The van der Waals surface area contributed by atoms with E-state index >= 15 is 0 Å².